The van der Waals surface area contributed by atoms with E-state index in [0.29, 0.717) is 24.7 Å². The summed E-state index contributed by atoms with van der Waals surface area (Å²) in [7, 11) is 0. The van der Waals surface area contributed by atoms with Gasteiger partial charge in [0.05, 0.1) is 11.6 Å². The average molecular weight is 353 g/mol. The van der Waals surface area contributed by atoms with Gasteiger partial charge in [0.25, 0.3) is 5.91 Å². The zero-order valence-electron chi connectivity index (χ0n) is 14.0. The molecule has 0 radical (unpaired) electrons. The Morgan fingerprint density at radius 3 is 2.75 bits per heavy atom. The number of likely N-dealkylation sites (tertiary alicyclic amines) is 1. The van der Waals surface area contributed by atoms with Crippen LogP contribution in [0, 0.1) is 0 Å². The van der Waals surface area contributed by atoms with Crippen molar-refractivity contribution in [2.24, 2.45) is 0 Å². The number of nitrogens with zero attached hydrogens (tertiary/aromatic N) is 2. The van der Waals surface area contributed by atoms with Gasteiger partial charge in [0, 0.05) is 31.1 Å². The Balaban J connectivity index is 1.53. The summed E-state index contributed by atoms with van der Waals surface area (Å²) in [5, 5.41) is 25.6. The molecule has 134 valence electrons. The fraction of sp³-hybridized carbons (Fsp3) is 0.765. The van der Waals surface area contributed by atoms with Crippen molar-refractivity contribution in [1.82, 2.24) is 15.2 Å². The maximum atomic E-state index is 12.0. The third kappa shape index (κ3) is 4.14. The molecule has 24 heavy (non-hydrogen) atoms. The molecule has 2 aliphatic rings. The highest BCUT2D eigenvalue weighted by Gasteiger charge is 2.42. The largest absolute Gasteiger partial charge is 0.389 e. The Labute approximate surface area is 146 Å². The molecule has 1 aromatic rings. The molecule has 1 saturated heterocycles. The number of piperidine rings is 1. The first-order valence-corrected chi connectivity index (χ1v) is 9.84. The van der Waals surface area contributed by atoms with E-state index in [9.17, 15) is 15.0 Å². The Morgan fingerprint density at radius 2 is 2.12 bits per heavy atom. The van der Waals surface area contributed by atoms with Gasteiger partial charge in [0.15, 0.2) is 0 Å². The Bertz CT molecular complexity index is 531. The molecule has 1 aliphatic carbocycles. The summed E-state index contributed by atoms with van der Waals surface area (Å²) in [6.45, 7) is 1.31. The molecule has 0 spiro atoms. The van der Waals surface area contributed by atoms with Gasteiger partial charge in [0.1, 0.15) is 11.3 Å². The van der Waals surface area contributed by atoms with Crippen LogP contribution in [0.5, 0.6) is 0 Å². The average Bonchev–Trinajstić information content (AvgIpc) is 2.98. The molecule has 6 nitrogen and oxygen atoms in total. The fourth-order valence-corrected chi connectivity index (χ4v) is 4.33. The number of aliphatic hydroxyl groups excluding tert-OH is 1. The number of aromatic nitrogens is 1. The van der Waals surface area contributed by atoms with Crippen LogP contribution in [-0.4, -0.2) is 63.4 Å². The van der Waals surface area contributed by atoms with E-state index in [-0.39, 0.29) is 12.5 Å². The number of β-amino-alcohol motifs (C(OH)–C–C–N with tert-alkyl or cyclic N) is 1. The second kappa shape index (κ2) is 7.91. The Hall–Kier alpha value is -1.02. The number of carbonyl (C=O) groups excluding carboxylic acids is 1. The van der Waals surface area contributed by atoms with Gasteiger partial charge in [-0.05, 0) is 19.3 Å². The molecule has 1 saturated carbocycles. The minimum atomic E-state index is -1.26. The highest BCUT2D eigenvalue weighted by atomic mass is 32.1. The van der Waals surface area contributed by atoms with E-state index in [0.717, 1.165) is 6.54 Å². The number of hydrogen-bond donors (Lipinski definition) is 3. The molecule has 0 bridgehead atoms. The van der Waals surface area contributed by atoms with E-state index in [2.05, 4.69) is 15.2 Å². The van der Waals surface area contributed by atoms with Gasteiger partial charge in [0.2, 0.25) is 0 Å². The van der Waals surface area contributed by atoms with Crippen LogP contribution < -0.4 is 5.32 Å². The summed E-state index contributed by atoms with van der Waals surface area (Å²) in [5.41, 5.74) is 0.699. The predicted molar refractivity (Wildman–Crippen MR) is 93.1 cm³/mol. The van der Waals surface area contributed by atoms with Crippen LogP contribution in [0.25, 0.3) is 0 Å². The van der Waals surface area contributed by atoms with E-state index >= 15 is 0 Å². The van der Waals surface area contributed by atoms with Crippen molar-refractivity contribution in [3.8, 4) is 0 Å². The minimum Gasteiger partial charge on any atom is -0.389 e. The molecule has 1 amide bonds. The van der Waals surface area contributed by atoms with E-state index < -0.39 is 11.7 Å². The van der Waals surface area contributed by atoms with Gasteiger partial charge in [-0.15, -0.1) is 11.3 Å². The number of aliphatic hydroxyl groups is 2. The summed E-state index contributed by atoms with van der Waals surface area (Å²) in [4.78, 5) is 18.3. The zero-order chi connectivity index (χ0) is 17.0. The fourth-order valence-electron chi connectivity index (χ4n) is 3.80. The lowest BCUT2D eigenvalue weighted by atomic mass is 9.87. The van der Waals surface area contributed by atoms with Gasteiger partial charge < -0.3 is 15.5 Å². The molecule has 0 aromatic carbocycles. The first-order valence-electron chi connectivity index (χ1n) is 8.89. The third-order valence-corrected chi connectivity index (χ3v) is 6.01. The van der Waals surface area contributed by atoms with Gasteiger partial charge in [-0.25, -0.2) is 4.98 Å². The first-order chi connectivity index (χ1) is 11.6. The quantitative estimate of drug-likeness (QED) is 0.712. The number of nitrogens with one attached hydrogen (secondary N) is 1. The lowest BCUT2D eigenvalue weighted by Crippen LogP contribution is -2.61. The Morgan fingerprint density at radius 1 is 1.38 bits per heavy atom. The number of amides is 1. The highest BCUT2D eigenvalue weighted by Crippen LogP contribution is 2.28. The molecule has 0 unspecified atom stereocenters. The van der Waals surface area contributed by atoms with E-state index in [4.69, 9.17) is 0 Å². The highest BCUT2D eigenvalue weighted by molar-refractivity contribution is 7.07. The van der Waals surface area contributed by atoms with Crippen molar-refractivity contribution in [3.05, 3.63) is 16.6 Å². The van der Waals surface area contributed by atoms with Crippen LogP contribution in [0.3, 0.4) is 0 Å². The second-order valence-electron chi connectivity index (χ2n) is 7.07. The monoisotopic (exact) mass is 353 g/mol. The topological polar surface area (TPSA) is 85.7 Å². The van der Waals surface area contributed by atoms with Crippen molar-refractivity contribution in [2.45, 2.75) is 62.7 Å². The van der Waals surface area contributed by atoms with Gasteiger partial charge in [-0.1, -0.05) is 25.7 Å². The van der Waals surface area contributed by atoms with Crippen molar-refractivity contribution in [3.63, 3.8) is 0 Å². The summed E-state index contributed by atoms with van der Waals surface area (Å²) in [6.07, 6.45) is 7.12. The minimum absolute atomic E-state index is 0.0586. The zero-order valence-corrected chi connectivity index (χ0v) is 14.8. The molecule has 7 heteroatoms. The molecular weight excluding hydrogens is 326 g/mol. The third-order valence-electron chi connectivity index (χ3n) is 5.42. The smallest absolute Gasteiger partial charge is 0.270 e. The molecule has 1 aliphatic heterocycles. The van der Waals surface area contributed by atoms with E-state index in [1.807, 2.05) is 0 Å². The standard InChI is InChI=1S/C17H27N3O3S/c21-15-9-20(13-5-3-1-2-4-6-13)8-7-17(15,23)11-18-16(22)14-10-24-12-19-14/h10,12-13,15,21,23H,1-9,11H2,(H,18,22)/t15-,17-/m1/s1. The lowest BCUT2D eigenvalue weighted by molar-refractivity contribution is -0.122. The summed E-state index contributed by atoms with van der Waals surface area (Å²) in [6, 6.07) is 0.524. The molecule has 2 heterocycles. The van der Waals surface area contributed by atoms with E-state index in [1.165, 1.54) is 49.9 Å². The molecule has 3 rings (SSSR count). The predicted octanol–water partition coefficient (Wildman–Crippen LogP) is 1.39. The van der Waals surface area contributed by atoms with Crippen molar-refractivity contribution < 1.29 is 15.0 Å². The summed E-state index contributed by atoms with van der Waals surface area (Å²) >= 11 is 1.36. The van der Waals surface area contributed by atoms with Crippen molar-refractivity contribution >= 4 is 17.2 Å². The van der Waals surface area contributed by atoms with E-state index in [1.54, 1.807) is 10.9 Å². The Kier molecular flexibility index (Phi) is 5.86. The molecule has 1 aromatic heterocycles. The summed E-state index contributed by atoms with van der Waals surface area (Å²) < 4.78 is 0. The van der Waals surface area contributed by atoms with Crippen LogP contribution in [0.2, 0.25) is 0 Å². The molecule has 3 N–H and O–H groups in total. The van der Waals surface area contributed by atoms with Crippen LogP contribution >= 0.6 is 11.3 Å². The van der Waals surface area contributed by atoms with Crippen LogP contribution in [0.4, 0.5) is 0 Å². The van der Waals surface area contributed by atoms with Gasteiger partial charge in [-0.2, -0.15) is 0 Å². The van der Waals surface area contributed by atoms with Crippen LogP contribution in [0.1, 0.15) is 55.4 Å². The number of rotatable bonds is 4. The second-order valence-corrected chi connectivity index (χ2v) is 7.78. The molecule has 2 atom stereocenters. The maximum Gasteiger partial charge on any atom is 0.270 e. The summed E-state index contributed by atoms with van der Waals surface area (Å²) in [5.74, 6) is -0.303. The van der Waals surface area contributed by atoms with Crippen LogP contribution in [0.15, 0.2) is 10.9 Å². The molecular formula is C17H27N3O3S. The number of carbonyl (C=O) groups is 1. The van der Waals surface area contributed by atoms with Gasteiger partial charge >= 0.3 is 0 Å². The molecule has 2 fully saturated rings. The lowest BCUT2D eigenvalue weighted by Gasteiger charge is -2.45. The van der Waals surface area contributed by atoms with Crippen molar-refractivity contribution in [1.29, 1.82) is 0 Å². The number of hydrogen-bond acceptors (Lipinski definition) is 6. The van der Waals surface area contributed by atoms with Crippen LogP contribution in [-0.2, 0) is 0 Å². The van der Waals surface area contributed by atoms with Gasteiger partial charge in [-0.3, -0.25) is 9.69 Å². The normalized spacial score (nSPS) is 30.0. The van der Waals surface area contributed by atoms with Crippen molar-refractivity contribution in [2.75, 3.05) is 19.6 Å². The first kappa shape index (κ1) is 17.8. The maximum absolute atomic E-state index is 12.0. The number of thiazole rings is 1. The SMILES string of the molecule is O=C(NC[C@]1(O)CCN(C2CCCCCC2)C[C@H]1O)c1cscn1.